The topological polar surface area (TPSA) is 24.9 Å². The largest absolute Gasteiger partial charge is 0.492 e. The predicted molar refractivity (Wildman–Crippen MR) is 136 cm³/mol. The van der Waals surface area contributed by atoms with Crippen molar-refractivity contribution in [2.24, 2.45) is 0 Å². The highest BCUT2D eigenvalue weighted by atomic mass is 16.5. The standard InChI is InChI=1S/C28H44N2O2/c1-7-29(8-2)19-21-31-27-15-11-25(12-16-27)23(5)24(6)26-13-17-28(18-14-26)32-22-20-30(9-3)10-4/h11-18,23-24H,7-10,19-22H2,1-6H3. The van der Waals surface area contributed by atoms with Crippen LogP contribution in [0.3, 0.4) is 0 Å². The first kappa shape index (κ1) is 26.2. The van der Waals surface area contributed by atoms with Crippen molar-refractivity contribution < 1.29 is 9.47 Å². The van der Waals surface area contributed by atoms with Crippen LogP contribution in [-0.4, -0.2) is 62.3 Å². The fourth-order valence-corrected chi connectivity index (χ4v) is 3.98. The van der Waals surface area contributed by atoms with Gasteiger partial charge in [0, 0.05) is 13.1 Å². The minimum absolute atomic E-state index is 0.425. The van der Waals surface area contributed by atoms with E-state index < -0.39 is 0 Å². The SMILES string of the molecule is CCN(CC)CCOc1ccc(C(C)C(C)c2ccc(OCCN(CC)CC)cc2)cc1. The molecule has 2 aromatic rings. The summed E-state index contributed by atoms with van der Waals surface area (Å²) in [5, 5.41) is 0. The Bertz CT molecular complexity index is 672. The molecule has 0 amide bonds. The lowest BCUT2D eigenvalue weighted by atomic mass is 9.84. The van der Waals surface area contributed by atoms with Crippen molar-refractivity contribution >= 4 is 0 Å². The molecule has 32 heavy (non-hydrogen) atoms. The molecule has 2 atom stereocenters. The van der Waals surface area contributed by atoms with Gasteiger partial charge in [0.25, 0.3) is 0 Å². The van der Waals surface area contributed by atoms with E-state index >= 15 is 0 Å². The van der Waals surface area contributed by atoms with E-state index in [0.29, 0.717) is 11.8 Å². The Morgan fingerprint density at radius 2 is 0.875 bits per heavy atom. The van der Waals surface area contributed by atoms with Crippen LogP contribution in [0.25, 0.3) is 0 Å². The van der Waals surface area contributed by atoms with Crippen molar-refractivity contribution in [3.63, 3.8) is 0 Å². The Hall–Kier alpha value is -2.04. The molecule has 0 aliphatic rings. The van der Waals surface area contributed by atoms with Crippen molar-refractivity contribution in [1.29, 1.82) is 0 Å². The van der Waals surface area contributed by atoms with E-state index in [2.05, 4.69) is 99.9 Å². The summed E-state index contributed by atoms with van der Waals surface area (Å²) in [6, 6.07) is 17.2. The van der Waals surface area contributed by atoms with Crippen molar-refractivity contribution in [3.05, 3.63) is 59.7 Å². The highest BCUT2D eigenvalue weighted by molar-refractivity contribution is 5.34. The van der Waals surface area contributed by atoms with E-state index in [1.165, 1.54) is 11.1 Å². The van der Waals surface area contributed by atoms with Crippen molar-refractivity contribution in [2.75, 3.05) is 52.5 Å². The Morgan fingerprint density at radius 3 is 1.16 bits per heavy atom. The van der Waals surface area contributed by atoms with Crippen LogP contribution in [0.2, 0.25) is 0 Å². The monoisotopic (exact) mass is 440 g/mol. The number of benzene rings is 2. The fourth-order valence-electron chi connectivity index (χ4n) is 3.98. The molecular weight excluding hydrogens is 396 g/mol. The van der Waals surface area contributed by atoms with Crippen molar-refractivity contribution in [1.82, 2.24) is 9.80 Å². The van der Waals surface area contributed by atoms with Gasteiger partial charge in [-0.3, -0.25) is 0 Å². The first-order valence-corrected chi connectivity index (χ1v) is 12.4. The first-order valence-electron chi connectivity index (χ1n) is 12.4. The molecule has 178 valence electrons. The van der Waals surface area contributed by atoms with Crippen LogP contribution in [0.5, 0.6) is 11.5 Å². The summed E-state index contributed by atoms with van der Waals surface area (Å²) in [4.78, 5) is 4.75. The quantitative estimate of drug-likeness (QED) is 0.337. The minimum atomic E-state index is 0.425. The van der Waals surface area contributed by atoms with E-state index in [-0.39, 0.29) is 0 Å². The maximum atomic E-state index is 5.94. The molecule has 0 heterocycles. The average Bonchev–Trinajstić information content (AvgIpc) is 2.84. The van der Waals surface area contributed by atoms with Gasteiger partial charge in [-0.15, -0.1) is 0 Å². The summed E-state index contributed by atoms with van der Waals surface area (Å²) in [7, 11) is 0. The summed E-state index contributed by atoms with van der Waals surface area (Å²) in [5.41, 5.74) is 2.68. The molecule has 0 bridgehead atoms. The molecule has 2 unspecified atom stereocenters. The van der Waals surface area contributed by atoms with Gasteiger partial charge in [0.15, 0.2) is 0 Å². The van der Waals surface area contributed by atoms with Crippen LogP contribution in [0.1, 0.15) is 64.5 Å². The zero-order valence-corrected chi connectivity index (χ0v) is 21.1. The number of likely N-dealkylation sites (N-methyl/N-ethyl adjacent to an activating group) is 2. The third kappa shape index (κ3) is 8.14. The normalized spacial score (nSPS) is 13.4. The first-order chi connectivity index (χ1) is 15.5. The van der Waals surface area contributed by atoms with E-state index in [1.807, 2.05) is 0 Å². The molecule has 0 aliphatic carbocycles. The zero-order chi connectivity index (χ0) is 23.3. The van der Waals surface area contributed by atoms with Crippen LogP contribution < -0.4 is 9.47 Å². The fraction of sp³-hybridized carbons (Fsp3) is 0.571. The maximum Gasteiger partial charge on any atom is 0.119 e. The van der Waals surface area contributed by atoms with Gasteiger partial charge < -0.3 is 19.3 Å². The lowest BCUT2D eigenvalue weighted by Gasteiger charge is -2.22. The Kier molecular flexibility index (Phi) is 11.6. The lowest BCUT2D eigenvalue weighted by Crippen LogP contribution is -2.27. The Labute approximate surface area is 196 Å². The Balaban J connectivity index is 1.86. The molecule has 0 spiro atoms. The number of hydrogen-bond donors (Lipinski definition) is 0. The molecule has 0 saturated heterocycles. The number of hydrogen-bond acceptors (Lipinski definition) is 4. The van der Waals surface area contributed by atoms with Gasteiger partial charge in [-0.2, -0.15) is 0 Å². The van der Waals surface area contributed by atoms with E-state index in [0.717, 1.165) is 64.0 Å². The van der Waals surface area contributed by atoms with Crippen LogP contribution in [0.4, 0.5) is 0 Å². The van der Waals surface area contributed by atoms with E-state index in [1.54, 1.807) is 0 Å². The summed E-state index contributed by atoms with van der Waals surface area (Å²) in [5.74, 6) is 2.75. The molecule has 0 fully saturated rings. The summed E-state index contributed by atoms with van der Waals surface area (Å²) in [6.07, 6.45) is 0. The summed E-state index contributed by atoms with van der Waals surface area (Å²) < 4.78 is 11.9. The number of ether oxygens (including phenoxy) is 2. The number of rotatable bonds is 15. The molecule has 0 saturated carbocycles. The van der Waals surface area contributed by atoms with Gasteiger partial charge in [-0.25, -0.2) is 0 Å². The van der Waals surface area contributed by atoms with Crippen LogP contribution >= 0.6 is 0 Å². The van der Waals surface area contributed by atoms with Crippen molar-refractivity contribution in [3.8, 4) is 11.5 Å². The van der Waals surface area contributed by atoms with E-state index in [4.69, 9.17) is 9.47 Å². The van der Waals surface area contributed by atoms with Gasteiger partial charge in [-0.1, -0.05) is 65.8 Å². The van der Waals surface area contributed by atoms with Crippen LogP contribution in [0.15, 0.2) is 48.5 Å². The zero-order valence-electron chi connectivity index (χ0n) is 21.1. The molecule has 0 N–H and O–H groups in total. The van der Waals surface area contributed by atoms with Gasteiger partial charge in [0.05, 0.1) is 0 Å². The summed E-state index contributed by atoms with van der Waals surface area (Å²) >= 11 is 0. The predicted octanol–water partition coefficient (Wildman–Crippen LogP) is 6.04. The Morgan fingerprint density at radius 1 is 0.562 bits per heavy atom. The molecule has 4 nitrogen and oxygen atoms in total. The van der Waals surface area contributed by atoms with Gasteiger partial charge >= 0.3 is 0 Å². The third-order valence-electron chi connectivity index (χ3n) is 6.70. The lowest BCUT2D eigenvalue weighted by molar-refractivity contribution is 0.222. The molecule has 2 aromatic carbocycles. The smallest absolute Gasteiger partial charge is 0.119 e. The second-order valence-electron chi connectivity index (χ2n) is 8.47. The van der Waals surface area contributed by atoms with Gasteiger partial charge in [0.1, 0.15) is 24.7 Å². The summed E-state index contributed by atoms with van der Waals surface area (Å²) in [6.45, 7) is 21.0. The highest BCUT2D eigenvalue weighted by Gasteiger charge is 2.16. The van der Waals surface area contributed by atoms with Gasteiger partial charge in [0.2, 0.25) is 0 Å². The van der Waals surface area contributed by atoms with E-state index in [9.17, 15) is 0 Å². The molecule has 4 heteroatoms. The molecular formula is C28H44N2O2. The number of nitrogens with zero attached hydrogens (tertiary/aromatic N) is 2. The second kappa shape index (κ2) is 14.2. The van der Waals surface area contributed by atoms with Crippen LogP contribution in [-0.2, 0) is 0 Å². The third-order valence-corrected chi connectivity index (χ3v) is 6.70. The highest BCUT2D eigenvalue weighted by Crippen LogP contribution is 2.33. The molecule has 0 radical (unpaired) electrons. The minimum Gasteiger partial charge on any atom is -0.492 e. The maximum absolute atomic E-state index is 5.94. The molecule has 0 aromatic heterocycles. The van der Waals surface area contributed by atoms with Crippen LogP contribution in [0, 0.1) is 0 Å². The molecule has 2 rings (SSSR count). The van der Waals surface area contributed by atoms with Crippen molar-refractivity contribution in [2.45, 2.75) is 53.4 Å². The van der Waals surface area contributed by atoms with Gasteiger partial charge in [-0.05, 0) is 73.4 Å². The molecule has 0 aliphatic heterocycles. The second-order valence-corrected chi connectivity index (χ2v) is 8.47. The average molecular weight is 441 g/mol.